The van der Waals surface area contributed by atoms with Crippen molar-refractivity contribution in [3.8, 4) is 16.8 Å². The Hall–Kier alpha value is -2.29. The number of fused-ring (bicyclic) bond motifs is 1. The Balaban J connectivity index is 2.01. The summed E-state index contributed by atoms with van der Waals surface area (Å²) in [7, 11) is 0. The van der Waals surface area contributed by atoms with E-state index in [0.717, 1.165) is 32.9 Å². The largest absolute Gasteiger partial charge is 0.299 e. The Morgan fingerprint density at radius 1 is 0.826 bits per heavy atom. The van der Waals surface area contributed by atoms with Crippen LogP contribution in [-0.4, -0.2) is 9.55 Å². The van der Waals surface area contributed by atoms with Gasteiger partial charge in [0.15, 0.2) is 0 Å². The van der Waals surface area contributed by atoms with E-state index < -0.39 is 0 Å². The first-order valence-corrected chi connectivity index (χ1v) is 7.96. The Morgan fingerprint density at radius 2 is 1.61 bits per heavy atom. The van der Waals surface area contributed by atoms with Gasteiger partial charge in [0, 0.05) is 28.4 Å². The van der Waals surface area contributed by atoms with Crippen LogP contribution in [0.25, 0.3) is 27.8 Å². The Labute approximate surface area is 143 Å². The highest BCUT2D eigenvalue weighted by Gasteiger charge is 2.13. The molecule has 0 fully saturated rings. The van der Waals surface area contributed by atoms with Gasteiger partial charge in [0.2, 0.25) is 0 Å². The minimum Gasteiger partial charge on any atom is -0.299 e. The molecule has 0 aliphatic carbocycles. The van der Waals surface area contributed by atoms with Gasteiger partial charge in [-0.2, -0.15) is 0 Å². The SMILES string of the molecule is Clc1ccc(-c2cn(-c3ccccc3Cl)c3ncccc23)cc1. The maximum Gasteiger partial charge on any atom is 0.145 e. The third-order valence-electron chi connectivity index (χ3n) is 3.83. The standard InChI is InChI=1S/C19H12Cl2N2/c20-14-9-7-13(8-10-14)16-12-23(18-6-2-1-5-17(18)21)19-15(16)4-3-11-22-19/h1-12H. The first-order valence-electron chi connectivity index (χ1n) is 7.21. The summed E-state index contributed by atoms with van der Waals surface area (Å²) in [6.45, 7) is 0. The van der Waals surface area contributed by atoms with Crippen molar-refractivity contribution in [1.82, 2.24) is 9.55 Å². The van der Waals surface area contributed by atoms with E-state index in [2.05, 4.69) is 17.2 Å². The quantitative estimate of drug-likeness (QED) is 0.438. The Bertz CT molecular complexity index is 988. The molecule has 0 saturated carbocycles. The summed E-state index contributed by atoms with van der Waals surface area (Å²) in [5.74, 6) is 0. The number of pyridine rings is 1. The topological polar surface area (TPSA) is 17.8 Å². The van der Waals surface area contributed by atoms with Gasteiger partial charge < -0.3 is 0 Å². The van der Waals surface area contributed by atoms with Crippen molar-refractivity contribution in [1.29, 1.82) is 0 Å². The lowest BCUT2D eigenvalue weighted by Crippen LogP contribution is -1.94. The summed E-state index contributed by atoms with van der Waals surface area (Å²) in [5, 5.41) is 2.49. The fourth-order valence-electron chi connectivity index (χ4n) is 2.75. The fourth-order valence-corrected chi connectivity index (χ4v) is 3.10. The molecule has 0 N–H and O–H groups in total. The van der Waals surface area contributed by atoms with E-state index in [1.807, 2.05) is 59.2 Å². The third kappa shape index (κ3) is 2.50. The number of benzene rings is 2. The van der Waals surface area contributed by atoms with E-state index in [4.69, 9.17) is 23.2 Å². The van der Waals surface area contributed by atoms with Crippen LogP contribution in [0.2, 0.25) is 10.0 Å². The maximum atomic E-state index is 6.37. The maximum absolute atomic E-state index is 6.37. The molecule has 4 aromatic rings. The molecule has 0 aliphatic heterocycles. The van der Waals surface area contributed by atoms with E-state index in [-0.39, 0.29) is 0 Å². The highest BCUT2D eigenvalue weighted by molar-refractivity contribution is 6.32. The predicted octanol–water partition coefficient (Wildman–Crippen LogP) is 6.00. The molecule has 2 aromatic heterocycles. The summed E-state index contributed by atoms with van der Waals surface area (Å²) in [6, 6.07) is 19.6. The zero-order valence-corrected chi connectivity index (χ0v) is 13.6. The molecule has 0 amide bonds. The van der Waals surface area contributed by atoms with E-state index >= 15 is 0 Å². The van der Waals surface area contributed by atoms with Crippen molar-refractivity contribution in [2.45, 2.75) is 0 Å². The Morgan fingerprint density at radius 3 is 2.39 bits per heavy atom. The van der Waals surface area contributed by atoms with Crippen molar-refractivity contribution in [3.05, 3.63) is 83.1 Å². The van der Waals surface area contributed by atoms with Crippen LogP contribution >= 0.6 is 23.2 Å². The highest BCUT2D eigenvalue weighted by Crippen LogP contribution is 2.33. The van der Waals surface area contributed by atoms with Gasteiger partial charge in [-0.1, -0.05) is 47.5 Å². The molecule has 0 radical (unpaired) electrons. The first kappa shape index (κ1) is 14.3. The second-order valence-electron chi connectivity index (χ2n) is 5.25. The smallest absolute Gasteiger partial charge is 0.145 e. The monoisotopic (exact) mass is 338 g/mol. The molecule has 0 spiro atoms. The van der Waals surface area contributed by atoms with Gasteiger partial charge in [-0.3, -0.25) is 4.57 Å². The molecular weight excluding hydrogens is 327 g/mol. The molecular formula is C19H12Cl2N2. The zero-order chi connectivity index (χ0) is 15.8. The molecule has 2 aromatic carbocycles. The predicted molar refractivity (Wildman–Crippen MR) is 96.5 cm³/mol. The van der Waals surface area contributed by atoms with Crippen LogP contribution in [0.4, 0.5) is 0 Å². The molecule has 0 saturated heterocycles. The number of hydrogen-bond acceptors (Lipinski definition) is 1. The minimum atomic E-state index is 0.692. The molecule has 2 nitrogen and oxygen atoms in total. The van der Waals surface area contributed by atoms with E-state index in [1.54, 1.807) is 6.20 Å². The Kier molecular flexibility index (Phi) is 3.56. The van der Waals surface area contributed by atoms with Crippen molar-refractivity contribution >= 4 is 34.2 Å². The summed E-state index contributed by atoms with van der Waals surface area (Å²) >= 11 is 12.4. The summed E-state index contributed by atoms with van der Waals surface area (Å²) in [6.07, 6.45) is 3.86. The molecule has 0 atom stereocenters. The van der Waals surface area contributed by atoms with Crippen molar-refractivity contribution in [3.63, 3.8) is 0 Å². The van der Waals surface area contributed by atoms with Crippen molar-refractivity contribution < 1.29 is 0 Å². The zero-order valence-electron chi connectivity index (χ0n) is 12.1. The summed E-state index contributed by atoms with van der Waals surface area (Å²) in [5.41, 5.74) is 3.99. The molecule has 4 heteroatoms. The fraction of sp³-hybridized carbons (Fsp3) is 0. The van der Waals surface area contributed by atoms with Gasteiger partial charge in [-0.15, -0.1) is 0 Å². The lowest BCUT2D eigenvalue weighted by Gasteiger charge is -2.06. The number of hydrogen-bond donors (Lipinski definition) is 0. The lowest BCUT2D eigenvalue weighted by molar-refractivity contribution is 1.09. The third-order valence-corrected chi connectivity index (χ3v) is 4.40. The molecule has 0 aliphatic rings. The summed E-state index contributed by atoms with van der Waals surface area (Å²) < 4.78 is 2.03. The van der Waals surface area contributed by atoms with Gasteiger partial charge >= 0.3 is 0 Å². The molecule has 23 heavy (non-hydrogen) atoms. The average molecular weight is 339 g/mol. The second-order valence-corrected chi connectivity index (χ2v) is 6.09. The van der Waals surface area contributed by atoms with E-state index in [1.165, 1.54) is 0 Å². The van der Waals surface area contributed by atoms with Crippen LogP contribution in [0.15, 0.2) is 73.1 Å². The number of para-hydroxylation sites is 1. The van der Waals surface area contributed by atoms with Gasteiger partial charge in [0.25, 0.3) is 0 Å². The van der Waals surface area contributed by atoms with Crippen LogP contribution in [0.1, 0.15) is 0 Å². The molecule has 0 unspecified atom stereocenters. The van der Waals surface area contributed by atoms with Gasteiger partial charge in [0.05, 0.1) is 10.7 Å². The van der Waals surface area contributed by atoms with Crippen molar-refractivity contribution in [2.75, 3.05) is 0 Å². The molecule has 112 valence electrons. The van der Waals surface area contributed by atoms with Crippen LogP contribution < -0.4 is 0 Å². The van der Waals surface area contributed by atoms with Gasteiger partial charge in [-0.05, 0) is 42.0 Å². The van der Waals surface area contributed by atoms with Gasteiger partial charge in [-0.25, -0.2) is 4.98 Å². The highest BCUT2D eigenvalue weighted by atomic mass is 35.5. The molecule has 4 rings (SSSR count). The van der Waals surface area contributed by atoms with Gasteiger partial charge in [0.1, 0.15) is 5.65 Å². The van der Waals surface area contributed by atoms with Crippen LogP contribution in [0.3, 0.4) is 0 Å². The number of rotatable bonds is 2. The molecule has 2 heterocycles. The van der Waals surface area contributed by atoms with Crippen LogP contribution in [0.5, 0.6) is 0 Å². The van der Waals surface area contributed by atoms with E-state index in [0.29, 0.717) is 5.02 Å². The van der Waals surface area contributed by atoms with Crippen LogP contribution in [0, 0.1) is 0 Å². The van der Waals surface area contributed by atoms with Crippen LogP contribution in [-0.2, 0) is 0 Å². The number of nitrogens with zero attached hydrogens (tertiary/aromatic N) is 2. The van der Waals surface area contributed by atoms with Crippen molar-refractivity contribution in [2.24, 2.45) is 0 Å². The second kappa shape index (κ2) is 5.73. The minimum absolute atomic E-state index is 0.692. The average Bonchev–Trinajstić information content (AvgIpc) is 2.96. The number of halogens is 2. The molecule has 0 bridgehead atoms. The van der Waals surface area contributed by atoms with E-state index in [9.17, 15) is 0 Å². The first-order chi connectivity index (χ1) is 11.2. The summed E-state index contributed by atoms with van der Waals surface area (Å²) in [4.78, 5) is 4.54. The lowest BCUT2D eigenvalue weighted by atomic mass is 10.1. The number of aromatic nitrogens is 2. The normalized spacial score (nSPS) is 11.0.